The van der Waals surface area contributed by atoms with E-state index in [2.05, 4.69) is 59.3 Å². The summed E-state index contributed by atoms with van der Waals surface area (Å²) < 4.78 is 2.13. The minimum Gasteiger partial charge on any atom is -0.357 e. The van der Waals surface area contributed by atoms with E-state index in [0.29, 0.717) is 6.04 Å². The number of aryl methyl sites for hydroxylation is 1. The van der Waals surface area contributed by atoms with Crippen molar-refractivity contribution < 1.29 is 0 Å². The lowest BCUT2D eigenvalue weighted by atomic mass is 10.1. The van der Waals surface area contributed by atoms with Gasteiger partial charge in [-0.3, -0.25) is 4.90 Å². The molecule has 1 aliphatic rings. The number of rotatable bonds is 4. The Labute approximate surface area is 104 Å². The molecule has 1 atom stereocenters. The summed E-state index contributed by atoms with van der Waals surface area (Å²) in [5.41, 5.74) is 1.41. The summed E-state index contributed by atoms with van der Waals surface area (Å²) in [7, 11) is 6.42. The van der Waals surface area contributed by atoms with Crippen molar-refractivity contribution in [2.24, 2.45) is 7.05 Å². The maximum atomic E-state index is 3.40. The van der Waals surface area contributed by atoms with Gasteiger partial charge in [-0.25, -0.2) is 0 Å². The quantitative estimate of drug-likeness (QED) is 0.825. The minimum atomic E-state index is 0.495. The number of nitrogens with one attached hydrogen (secondary N) is 1. The number of nitrogens with zero attached hydrogens (tertiary/aromatic N) is 3. The molecule has 0 bridgehead atoms. The predicted octanol–water partition coefficient (Wildman–Crippen LogP) is 0.533. The van der Waals surface area contributed by atoms with Crippen molar-refractivity contribution in [2.75, 3.05) is 46.8 Å². The normalized spacial score (nSPS) is 19.8. The fraction of sp³-hybridized carbons (Fsp3) is 0.692. The lowest BCUT2D eigenvalue weighted by Crippen LogP contribution is -2.46. The molecule has 0 aliphatic carbocycles. The van der Waals surface area contributed by atoms with Crippen LogP contribution in [0, 0.1) is 0 Å². The highest BCUT2D eigenvalue weighted by Crippen LogP contribution is 2.19. The molecule has 1 unspecified atom stereocenters. The van der Waals surface area contributed by atoms with Gasteiger partial charge in [-0.2, -0.15) is 0 Å². The molecule has 1 aromatic rings. The Morgan fingerprint density at radius 2 is 2.06 bits per heavy atom. The molecule has 1 N–H and O–H groups in total. The van der Waals surface area contributed by atoms with Crippen LogP contribution in [0.25, 0.3) is 0 Å². The number of hydrogen-bond acceptors (Lipinski definition) is 3. The van der Waals surface area contributed by atoms with E-state index in [1.807, 2.05) is 0 Å². The van der Waals surface area contributed by atoms with Gasteiger partial charge in [0, 0.05) is 58.2 Å². The van der Waals surface area contributed by atoms with Crippen LogP contribution in [0.15, 0.2) is 18.5 Å². The Bertz CT molecular complexity index is 339. The van der Waals surface area contributed by atoms with Crippen molar-refractivity contribution in [1.29, 1.82) is 0 Å². The third-order valence-electron chi connectivity index (χ3n) is 3.50. The van der Waals surface area contributed by atoms with E-state index in [4.69, 9.17) is 0 Å². The van der Waals surface area contributed by atoms with E-state index in [1.165, 1.54) is 5.56 Å². The summed E-state index contributed by atoms with van der Waals surface area (Å²) in [5, 5.41) is 3.40. The lowest BCUT2D eigenvalue weighted by molar-refractivity contribution is 0.168. The third-order valence-corrected chi connectivity index (χ3v) is 3.50. The first-order valence-corrected chi connectivity index (χ1v) is 6.38. The first-order valence-electron chi connectivity index (χ1n) is 6.38. The van der Waals surface area contributed by atoms with E-state index in [0.717, 1.165) is 32.7 Å². The number of aromatic nitrogens is 1. The molecule has 17 heavy (non-hydrogen) atoms. The molecule has 0 spiro atoms. The molecule has 0 aromatic carbocycles. The highest BCUT2D eigenvalue weighted by atomic mass is 15.2. The molecule has 1 aromatic heterocycles. The molecule has 0 amide bonds. The van der Waals surface area contributed by atoms with Gasteiger partial charge in [0.05, 0.1) is 0 Å². The van der Waals surface area contributed by atoms with Gasteiger partial charge in [-0.05, 0) is 25.7 Å². The second kappa shape index (κ2) is 5.67. The van der Waals surface area contributed by atoms with Crippen LogP contribution in [0.2, 0.25) is 0 Å². The molecule has 0 saturated carbocycles. The Kier molecular flexibility index (Phi) is 4.20. The van der Waals surface area contributed by atoms with Gasteiger partial charge in [-0.1, -0.05) is 0 Å². The van der Waals surface area contributed by atoms with E-state index in [1.54, 1.807) is 0 Å². The van der Waals surface area contributed by atoms with Crippen molar-refractivity contribution in [2.45, 2.75) is 6.04 Å². The zero-order chi connectivity index (χ0) is 12.3. The minimum absolute atomic E-state index is 0.495. The summed E-state index contributed by atoms with van der Waals surface area (Å²) in [4.78, 5) is 4.87. The molecular formula is C13H24N4. The van der Waals surface area contributed by atoms with Gasteiger partial charge < -0.3 is 14.8 Å². The Balaban J connectivity index is 2.01. The van der Waals surface area contributed by atoms with Crippen LogP contribution in [0.5, 0.6) is 0 Å². The average Bonchev–Trinajstić information content (AvgIpc) is 2.73. The van der Waals surface area contributed by atoms with E-state index in [-0.39, 0.29) is 0 Å². The average molecular weight is 236 g/mol. The summed E-state index contributed by atoms with van der Waals surface area (Å²) in [6, 6.07) is 2.72. The Hall–Kier alpha value is -0.840. The molecule has 96 valence electrons. The molecular weight excluding hydrogens is 212 g/mol. The SMILES string of the molecule is CN(C)C(CN1CCNCC1)c1ccn(C)c1. The van der Waals surface area contributed by atoms with Crippen molar-refractivity contribution in [3.63, 3.8) is 0 Å². The highest BCUT2D eigenvalue weighted by Gasteiger charge is 2.20. The lowest BCUT2D eigenvalue weighted by Gasteiger charge is -2.33. The van der Waals surface area contributed by atoms with Gasteiger partial charge in [-0.15, -0.1) is 0 Å². The summed E-state index contributed by atoms with van der Waals surface area (Å²) in [6.07, 6.45) is 4.36. The largest absolute Gasteiger partial charge is 0.357 e. The van der Waals surface area contributed by atoms with Crippen LogP contribution in [0.1, 0.15) is 11.6 Å². The smallest absolute Gasteiger partial charge is 0.0484 e. The van der Waals surface area contributed by atoms with Crippen LogP contribution in [-0.2, 0) is 7.05 Å². The number of piperazine rings is 1. The summed E-state index contributed by atoms with van der Waals surface area (Å²) in [6.45, 7) is 5.69. The molecule has 4 nitrogen and oxygen atoms in total. The van der Waals surface area contributed by atoms with Crippen LogP contribution in [0.4, 0.5) is 0 Å². The Morgan fingerprint density at radius 1 is 1.35 bits per heavy atom. The van der Waals surface area contributed by atoms with Gasteiger partial charge in [0.15, 0.2) is 0 Å². The monoisotopic (exact) mass is 236 g/mol. The van der Waals surface area contributed by atoms with Gasteiger partial charge in [0.25, 0.3) is 0 Å². The zero-order valence-corrected chi connectivity index (χ0v) is 11.2. The van der Waals surface area contributed by atoms with E-state index >= 15 is 0 Å². The second-order valence-corrected chi connectivity index (χ2v) is 5.14. The van der Waals surface area contributed by atoms with Crippen molar-refractivity contribution >= 4 is 0 Å². The van der Waals surface area contributed by atoms with Crippen molar-refractivity contribution in [3.8, 4) is 0 Å². The topological polar surface area (TPSA) is 23.4 Å². The van der Waals surface area contributed by atoms with Crippen LogP contribution in [0.3, 0.4) is 0 Å². The molecule has 1 fully saturated rings. The fourth-order valence-corrected chi connectivity index (χ4v) is 2.43. The maximum Gasteiger partial charge on any atom is 0.0484 e. The van der Waals surface area contributed by atoms with Crippen molar-refractivity contribution in [1.82, 2.24) is 19.7 Å². The third kappa shape index (κ3) is 3.31. The second-order valence-electron chi connectivity index (χ2n) is 5.14. The van der Waals surface area contributed by atoms with Gasteiger partial charge in [0.1, 0.15) is 0 Å². The first kappa shape index (κ1) is 12.6. The van der Waals surface area contributed by atoms with Crippen LogP contribution < -0.4 is 5.32 Å². The summed E-state index contributed by atoms with van der Waals surface area (Å²) >= 11 is 0. The maximum absolute atomic E-state index is 3.40. The first-order chi connectivity index (χ1) is 8.16. The molecule has 1 aliphatic heterocycles. The summed E-state index contributed by atoms with van der Waals surface area (Å²) in [5.74, 6) is 0. The van der Waals surface area contributed by atoms with Crippen molar-refractivity contribution in [3.05, 3.63) is 24.0 Å². The Morgan fingerprint density at radius 3 is 2.59 bits per heavy atom. The van der Waals surface area contributed by atoms with Crippen LogP contribution in [-0.4, -0.2) is 61.2 Å². The standard InChI is InChI=1S/C13H24N4/c1-15(2)13(12-4-7-16(3)10-12)11-17-8-5-14-6-9-17/h4,7,10,13-14H,5-6,8-9,11H2,1-3H3. The van der Waals surface area contributed by atoms with E-state index < -0.39 is 0 Å². The molecule has 0 radical (unpaired) electrons. The van der Waals surface area contributed by atoms with Crippen LogP contribution >= 0.6 is 0 Å². The number of hydrogen-bond donors (Lipinski definition) is 1. The van der Waals surface area contributed by atoms with E-state index in [9.17, 15) is 0 Å². The molecule has 2 heterocycles. The van der Waals surface area contributed by atoms with Gasteiger partial charge >= 0.3 is 0 Å². The highest BCUT2D eigenvalue weighted by molar-refractivity contribution is 5.15. The van der Waals surface area contributed by atoms with Gasteiger partial charge in [0.2, 0.25) is 0 Å². The molecule has 1 saturated heterocycles. The predicted molar refractivity (Wildman–Crippen MR) is 71.2 cm³/mol. The molecule has 2 rings (SSSR count). The number of likely N-dealkylation sites (N-methyl/N-ethyl adjacent to an activating group) is 1. The zero-order valence-electron chi connectivity index (χ0n) is 11.2. The fourth-order valence-electron chi connectivity index (χ4n) is 2.43. The molecule has 4 heteroatoms.